The summed E-state index contributed by atoms with van der Waals surface area (Å²) in [5, 5.41) is 2.57. The second-order valence-corrected chi connectivity index (χ2v) is 5.55. The summed E-state index contributed by atoms with van der Waals surface area (Å²) in [4.78, 5) is 6.68. The highest BCUT2D eigenvalue weighted by molar-refractivity contribution is 5.85. The fourth-order valence-electron chi connectivity index (χ4n) is 3.11. The normalized spacial score (nSPS) is 13.0. The Labute approximate surface area is 123 Å². The van der Waals surface area contributed by atoms with Crippen LogP contribution in [0.4, 0.5) is 0 Å². The molecular formula is C19H17N2. The molecule has 0 spiro atoms. The second kappa shape index (κ2) is 4.81. The van der Waals surface area contributed by atoms with Gasteiger partial charge in [-0.05, 0) is 42.5 Å². The summed E-state index contributed by atoms with van der Waals surface area (Å²) >= 11 is 0. The van der Waals surface area contributed by atoms with Crippen molar-refractivity contribution in [3.8, 4) is 0 Å². The first-order valence-corrected chi connectivity index (χ1v) is 7.27. The van der Waals surface area contributed by atoms with Crippen molar-refractivity contribution in [1.82, 2.24) is 9.97 Å². The largest absolute Gasteiger partial charge is 0.361 e. The van der Waals surface area contributed by atoms with E-state index in [0.29, 0.717) is 0 Å². The van der Waals surface area contributed by atoms with Crippen LogP contribution in [-0.4, -0.2) is 9.97 Å². The summed E-state index contributed by atoms with van der Waals surface area (Å²) in [5.41, 5.74) is 4.99. The molecule has 0 aliphatic heterocycles. The van der Waals surface area contributed by atoms with Gasteiger partial charge in [-0.1, -0.05) is 36.4 Å². The van der Waals surface area contributed by atoms with Gasteiger partial charge in [0.15, 0.2) is 0 Å². The molecule has 1 radical (unpaired) electrons. The first-order valence-electron chi connectivity index (χ1n) is 7.27. The van der Waals surface area contributed by atoms with Gasteiger partial charge in [0.1, 0.15) is 0 Å². The van der Waals surface area contributed by atoms with Crippen LogP contribution in [0.25, 0.3) is 21.8 Å². The first kappa shape index (κ1) is 12.3. The molecule has 4 rings (SSSR count). The minimum atomic E-state index is 0.236. The fraction of sp³-hybridized carbons (Fsp3) is 0.105. The topological polar surface area (TPSA) is 31.6 Å². The summed E-state index contributed by atoms with van der Waals surface area (Å²) in [6.45, 7) is 4.38. The highest BCUT2D eigenvalue weighted by Crippen LogP contribution is 2.29. The smallest absolute Gasteiger partial charge is 0.0456 e. The summed E-state index contributed by atoms with van der Waals surface area (Å²) in [7, 11) is 0. The number of aromatic amines is 2. The van der Waals surface area contributed by atoms with Gasteiger partial charge in [0.05, 0.1) is 0 Å². The van der Waals surface area contributed by atoms with E-state index in [-0.39, 0.29) is 5.92 Å². The van der Waals surface area contributed by atoms with Crippen molar-refractivity contribution in [2.45, 2.75) is 12.3 Å². The van der Waals surface area contributed by atoms with Crippen molar-refractivity contribution in [2.24, 2.45) is 0 Å². The number of fused-ring (bicyclic) bond motifs is 2. The SMILES string of the molecule is [CH2]C(Cc1c[nH]c2ccccc12)c1c[nH]c2ccccc12. The van der Waals surface area contributed by atoms with E-state index < -0.39 is 0 Å². The van der Waals surface area contributed by atoms with Gasteiger partial charge in [-0.25, -0.2) is 0 Å². The molecule has 0 aliphatic carbocycles. The van der Waals surface area contributed by atoms with E-state index in [2.05, 4.69) is 77.8 Å². The number of nitrogens with one attached hydrogen (secondary N) is 2. The van der Waals surface area contributed by atoms with E-state index in [1.54, 1.807) is 0 Å². The van der Waals surface area contributed by atoms with E-state index in [9.17, 15) is 0 Å². The summed E-state index contributed by atoms with van der Waals surface area (Å²) in [6.07, 6.45) is 5.14. The molecule has 0 saturated heterocycles. The molecule has 21 heavy (non-hydrogen) atoms. The van der Waals surface area contributed by atoms with Crippen molar-refractivity contribution in [3.05, 3.63) is 79.0 Å². The van der Waals surface area contributed by atoms with Crippen LogP contribution < -0.4 is 0 Å². The zero-order valence-electron chi connectivity index (χ0n) is 11.8. The Morgan fingerprint density at radius 1 is 0.810 bits per heavy atom. The Morgan fingerprint density at radius 3 is 2.24 bits per heavy atom. The van der Waals surface area contributed by atoms with Gasteiger partial charge in [0.2, 0.25) is 0 Å². The average molecular weight is 273 g/mol. The van der Waals surface area contributed by atoms with Gasteiger partial charge < -0.3 is 9.97 Å². The summed E-state index contributed by atoms with van der Waals surface area (Å²) in [5.74, 6) is 0.236. The lowest BCUT2D eigenvalue weighted by atomic mass is 9.93. The maximum Gasteiger partial charge on any atom is 0.0456 e. The lowest BCUT2D eigenvalue weighted by Crippen LogP contribution is -1.97. The van der Waals surface area contributed by atoms with Crippen molar-refractivity contribution in [3.63, 3.8) is 0 Å². The third-order valence-corrected chi connectivity index (χ3v) is 4.20. The Bertz CT molecular complexity index is 898. The number of aromatic nitrogens is 2. The predicted molar refractivity (Wildman–Crippen MR) is 88.4 cm³/mol. The number of rotatable bonds is 3. The van der Waals surface area contributed by atoms with E-state index in [1.165, 1.54) is 32.9 Å². The minimum absolute atomic E-state index is 0.236. The number of hydrogen-bond acceptors (Lipinski definition) is 0. The van der Waals surface area contributed by atoms with Crippen LogP contribution in [0.15, 0.2) is 60.9 Å². The number of para-hydroxylation sites is 2. The molecule has 2 nitrogen and oxygen atoms in total. The quantitative estimate of drug-likeness (QED) is 0.537. The monoisotopic (exact) mass is 273 g/mol. The zero-order valence-corrected chi connectivity index (χ0v) is 11.8. The zero-order chi connectivity index (χ0) is 14.2. The molecule has 2 heteroatoms. The van der Waals surface area contributed by atoms with E-state index >= 15 is 0 Å². The second-order valence-electron chi connectivity index (χ2n) is 5.55. The molecule has 103 valence electrons. The predicted octanol–water partition coefficient (Wildman–Crippen LogP) is 4.81. The van der Waals surface area contributed by atoms with Crippen LogP contribution in [0.3, 0.4) is 0 Å². The molecule has 0 fully saturated rings. The number of benzene rings is 2. The molecule has 2 aromatic carbocycles. The van der Waals surface area contributed by atoms with Gasteiger partial charge in [-0.3, -0.25) is 0 Å². The van der Waals surface area contributed by atoms with E-state index in [1.807, 2.05) is 0 Å². The molecule has 0 saturated carbocycles. The van der Waals surface area contributed by atoms with Crippen LogP contribution in [0.5, 0.6) is 0 Å². The molecular weight excluding hydrogens is 256 g/mol. The highest BCUT2D eigenvalue weighted by atomic mass is 14.7. The van der Waals surface area contributed by atoms with Crippen LogP contribution in [0, 0.1) is 6.92 Å². The molecule has 2 heterocycles. The van der Waals surface area contributed by atoms with Gasteiger partial charge in [0, 0.05) is 34.2 Å². The lowest BCUT2D eigenvalue weighted by Gasteiger charge is -2.10. The molecule has 4 aromatic rings. The summed E-state index contributed by atoms with van der Waals surface area (Å²) < 4.78 is 0. The number of hydrogen-bond donors (Lipinski definition) is 2. The number of H-pyrrole nitrogens is 2. The van der Waals surface area contributed by atoms with Crippen molar-refractivity contribution >= 4 is 21.8 Å². The fourth-order valence-corrected chi connectivity index (χ4v) is 3.11. The third-order valence-electron chi connectivity index (χ3n) is 4.20. The van der Waals surface area contributed by atoms with Crippen molar-refractivity contribution < 1.29 is 0 Å². The average Bonchev–Trinajstić information content (AvgIpc) is 3.12. The first-order chi connectivity index (χ1) is 10.3. The van der Waals surface area contributed by atoms with E-state index in [4.69, 9.17) is 0 Å². The van der Waals surface area contributed by atoms with Gasteiger partial charge in [0.25, 0.3) is 0 Å². The van der Waals surface area contributed by atoms with Crippen LogP contribution >= 0.6 is 0 Å². The molecule has 1 atom stereocenters. The van der Waals surface area contributed by atoms with Gasteiger partial charge in [-0.15, -0.1) is 0 Å². The van der Waals surface area contributed by atoms with E-state index in [0.717, 1.165) is 6.42 Å². The highest BCUT2D eigenvalue weighted by Gasteiger charge is 2.13. The van der Waals surface area contributed by atoms with Gasteiger partial charge >= 0.3 is 0 Å². The third kappa shape index (κ3) is 2.04. The van der Waals surface area contributed by atoms with Crippen LogP contribution in [0.2, 0.25) is 0 Å². The maximum absolute atomic E-state index is 4.38. The molecule has 0 aliphatic rings. The van der Waals surface area contributed by atoms with Crippen LogP contribution in [-0.2, 0) is 6.42 Å². The molecule has 0 bridgehead atoms. The Morgan fingerprint density at radius 2 is 1.43 bits per heavy atom. The van der Waals surface area contributed by atoms with Gasteiger partial charge in [-0.2, -0.15) is 0 Å². The molecule has 2 N–H and O–H groups in total. The lowest BCUT2D eigenvalue weighted by molar-refractivity contribution is 0.844. The Balaban J connectivity index is 1.71. The molecule has 2 aromatic heterocycles. The Kier molecular flexibility index (Phi) is 2.81. The summed E-state index contributed by atoms with van der Waals surface area (Å²) in [6, 6.07) is 16.8. The minimum Gasteiger partial charge on any atom is -0.361 e. The maximum atomic E-state index is 4.38. The van der Waals surface area contributed by atoms with Crippen molar-refractivity contribution in [2.75, 3.05) is 0 Å². The molecule has 1 unspecified atom stereocenters. The Hall–Kier alpha value is -2.48. The molecule has 0 amide bonds. The van der Waals surface area contributed by atoms with Crippen molar-refractivity contribution in [1.29, 1.82) is 0 Å². The van der Waals surface area contributed by atoms with Crippen LogP contribution in [0.1, 0.15) is 17.0 Å². The standard InChI is InChI=1S/C19H17N2/c1-13(17-12-21-19-9-5-3-7-16(17)19)10-14-11-20-18-8-4-2-6-15(14)18/h2-9,11-13,20-21H,1,10H2.